The van der Waals surface area contributed by atoms with Crippen molar-refractivity contribution >= 4 is 11.6 Å². The van der Waals surface area contributed by atoms with Gasteiger partial charge in [0.2, 0.25) is 0 Å². The molecule has 5 heteroatoms. The number of hydrogen-bond donors (Lipinski definition) is 2. The summed E-state index contributed by atoms with van der Waals surface area (Å²) in [6.45, 7) is 9.08. The Balaban J connectivity index is 2.26. The molecule has 1 aromatic rings. The maximum Gasteiger partial charge on any atom is 0.137 e. The van der Waals surface area contributed by atoms with Crippen LogP contribution in [0.5, 0.6) is 0 Å². The van der Waals surface area contributed by atoms with Gasteiger partial charge in [-0.1, -0.05) is 13.8 Å². The first-order valence-electron chi connectivity index (χ1n) is 8.20. The van der Waals surface area contributed by atoms with E-state index in [1.54, 1.807) is 0 Å². The van der Waals surface area contributed by atoms with E-state index in [4.69, 9.17) is 4.98 Å². The van der Waals surface area contributed by atoms with Crippen LogP contribution in [0.15, 0.2) is 0 Å². The largest absolute Gasteiger partial charge is 0.393 e. The molecule has 118 valence electrons. The van der Waals surface area contributed by atoms with E-state index in [1.165, 1.54) is 0 Å². The molecule has 0 radical (unpaired) electrons. The second-order valence-electron chi connectivity index (χ2n) is 5.83. The van der Waals surface area contributed by atoms with Crippen molar-refractivity contribution in [3.8, 4) is 0 Å². The molecule has 2 rings (SSSR count). The van der Waals surface area contributed by atoms with E-state index in [0.717, 1.165) is 74.8 Å². The molecule has 0 amide bonds. The molecule has 1 aromatic heterocycles. The first-order valence-corrected chi connectivity index (χ1v) is 8.20. The van der Waals surface area contributed by atoms with Gasteiger partial charge < -0.3 is 15.3 Å². The second-order valence-corrected chi connectivity index (χ2v) is 5.83. The first-order chi connectivity index (χ1) is 10.2. The zero-order valence-corrected chi connectivity index (χ0v) is 13.5. The summed E-state index contributed by atoms with van der Waals surface area (Å²) in [4.78, 5) is 11.7. The summed E-state index contributed by atoms with van der Waals surface area (Å²) < 4.78 is 0. The number of aliphatic hydroxyl groups excluding tert-OH is 1. The van der Waals surface area contributed by atoms with Crippen molar-refractivity contribution in [3.05, 3.63) is 11.4 Å². The molecule has 2 N–H and O–H groups in total. The van der Waals surface area contributed by atoms with Crippen LogP contribution in [-0.4, -0.2) is 40.8 Å². The van der Waals surface area contributed by atoms with E-state index in [1.807, 2.05) is 0 Å². The van der Waals surface area contributed by atoms with Gasteiger partial charge in [0, 0.05) is 31.6 Å². The van der Waals surface area contributed by atoms with Crippen LogP contribution in [0.1, 0.15) is 50.9 Å². The van der Waals surface area contributed by atoms with Crippen molar-refractivity contribution < 1.29 is 5.11 Å². The van der Waals surface area contributed by atoms with Crippen molar-refractivity contribution in [2.24, 2.45) is 0 Å². The predicted octanol–water partition coefficient (Wildman–Crippen LogP) is 2.52. The smallest absolute Gasteiger partial charge is 0.137 e. The molecule has 0 atom stereocenters. The van der Waals surface area contributed by atoms with E-state index >= 15 is 0 Å². The Kier molecular flexibility index (Phi) is 5.79. The van der Waals surface area contributed by atoms with Crippen LogP contribution in [0.2, 0.25) is 0 Å². The van der Waals surface area contributed by atoms with Crippen LogP contribution in [-0.2, 0) is 6.42 Å². The number of nitrogens with zero attached hydrogens (tertiary/aromatic N) is 3. The van der Waals surface area contributed by atoms with Gasteiger partial charge in [0.25, 0.3) is 0 Å². The average molecular weight is 292 g/mol. The summed E-state index contributed by atoms with van der Waals surface area (Å²) >= 11 is 0. The summed E-state index contributed by atoms with van der Waals surface area (Å²) in [5.74, 6) is 2.93. The molecule has 2 heterocycles. The van der Waals surface area contributed by atoms with E-state index in [2.05, 4.69) is 36.0 Å². The molecule has 0 aliphatic carbocycles. The zero-order valence-electron chi connectivity index (χ0n) is 13.5. The van der Waals surface area contributed by atoms with E-state index < -0.39 is 0 Å². The number of rotatable bonds is 6. The molecular weight excluding hydrogens is 264 g/mol. The van der Waals surface area contributed by atoms with Crippen LogP contribution < -0.4 is 10.2 Å². The minimum Gasteiger partial charge on any atom is -0.393 e. The molecule has 1 fully saturated rings. The standard InChI is InChI=1S/C16H28N4O/c1-4-6-14-18-15(17-9-5-2)12(3)16(19-14)20-10-7-13(21)8-11-20/h13,21H,4-11H2,1-3H3,(H,17,18,19). The molecule has 5 nitrogen and oxygen atoms in total. The molecule has 0 bridgehead atoms. The lowest BCUT2D eigenvalue weighted by molar-refractivity contribution is 0.145. The first kappa shape index (κ1) is 16.0. The van der Waals surface area contributed by atoms with E-state index in [-0.39, 0.29) is 6.10 Å². The minimum atomic E-state index is -0.156. The molecular formula is C16H28N4O. The van der Waals surface area contributed by atoms with Crippen molar-refractivity contribution in [1.29, 1.82) is 0 Å². The SMILES string of the molecule is CCCNc1nc(CCC)nc(N2CCC(O)CC2)c1C. The molecule has 1 aliphatic rings. The molecule has 0 saturated carbocycles. The number of aromatic nitrogens is 2. The number of aliphatic hydroxyl groups is 1. The number of anilines is 2. The van der Waals surface area contributed by atoms with Gasteiger partial charge in [-0.25, -0.2) is 9.97 Å². The van der Waals surface area contributed by atoms with Gasteiger partial charge in [0.15, 0.2) is 0 Å². The highest BCUT2D eigenvalue weighted by atomic mass is 16.3. The monoisotopic (exact) mass is 292 g/mol. The summed E-state index contributed by atoms with van der Waals surface area (Å²) in [6.07, 6.45) is 4.53. The van der Waals surface area contributed by atoms with E-state index in [0.29, 0.717) is 0 Å². The average Bonchev–Trinajstić information content (AvgIpc) is 2.49. The van der Waals surface area contributed by atoms with Crippen LogP contribution in [0, 0.1) is 6.92 Å². The highest BCUT2D eigenvalue weighted by Gasteiger charge is 2.21. The Hall–Kier alpha value is -1.36. The number of hydrogen-bond acceptors (Lipinski definition) is 5. The fourth-order valence-corrected chi connectivity index (χ4v) is 2.69. The predicted molar refractivity (Wildman–Crippen MR) is 87.0 cm³/mol. The Morgan fingerprint density at radius 1 is 1.19 bits per heavy atom. The lowest BCUT2D eigenvalue weighted by Gasteiger charge is -2.32. The van der Waals surface area contributed by atoms with Crippen molar-refractivity contribution in [2.45, 2.75) is 59.0 Å². The van der Waals surface area contributed by atoms with Gasteiger partial charge in [0.05, 0.1) is 6.10 Å². The maximum atomic E-state index is 9.68. The fourth-order valence-electron chi connectivity index (χ4n) is 2.69. The van der Waals surface area contributed by atoms with Crippen LogP contribution in [0.25, 0.3) is 0 Å². The van der Waals surface area contributed by atoms with Gasteiger partial charge in [0.1, 0.15) is 17.5 Å². The fraction of sp³-hybridized carbons (Fsp3) is 0.750. The van der Waals surface area contributed by atoms with Gasteiger partial charge >= 0.3 is 0 Å². The summed E-state index contributed by atoms with van der Waals surface area (Å²) in [5, 5.41) is 13.1. The summed E-state index contributed by atoms with van der Waals surface area (Å²) in [7, 11) is 0. The Morgan fingerprint density at radius 2 is 1.90 bits per heavy atom. The molecule has 1 saturated heterocycles. The lowest BCUT2D eigenvalue weighted by atomic mass is 10.1. The minimum absolute atomic E-state index is 0.156. The Morgan fingerprint density at radius 3 is 2.52 bits per heavy atom. The highest BCUT2D eigenvalue weighted by molar-refractivity contribution is 5.59. The Bertz CT molecular complexity index is 456. The molecule has 0 unspecified atom stereocenters. The maximum absolute atomic E-state index is 9.68. The summed E-state index contributed by atoms with van der Waals surface area (Å²) in [5.41, 5.74) is 1.12. The molecule has 21 heavy (non-hydrogen) atoms. The van der Waals surface area contributed by atoms with Crippen molar-refractivity contribution in [2.75, 3.05) is 29.9 Å². The molecule has 0 aromatic carbocycles. The topological polar surface area (TPSA) is 61.3 Å². The quantitative estimate of drug-likeness (QED) is 0.843. The lowest BCUT2D eigenvalue weighted by Crippen LogP contribution is -2.37. The van der Waals surface area contributed by atoms with Gasteiger partial charge in [-0.15, -0.1) is 0 Å². The van der Waals surface area contributed by atoms with Crippen molar-refractivity contribution in [1.82, 2.24) is 9.97 Å². The normalized spacial score (nSPS) is 16.3. The third kappa shape index (κ3) is 4.06. The number of nitrogens with one attached hydrogen (secondary N) is 1. The highest BCUT2D eigenvalue weighted by Crippen LogP contribution is 2.26. The van der Waals surface area contributed by atoms with E-state index in [9.17, 15) is 5.11 Å². The molecule has 0 spiro atoms. The van der Waals surface area contributed by atoms with Gasteiger partial charge in [-0.05, 0) is 32.6 Å². The van der Waals surface area contributed by atoms with Gasteiger partial charge in [-0.3, -0.25) is 0 Å². The second kappa shape index (κ2) is 7.59. The third-order valence-corrected chi connectivity index (χ3v) is 3.95. The van der Waals surface area contributed by atoms with Gasteiger partial charge in [-0.2, -0.15) is 0 Å². The van der Waals surface area contributed by atoms with Crippen LogP contribution in [0.3, 0.4) is 0 Å². The summed E-state index contributed by atoms with van der Waals surface area (Å²) in [6, 6.07) is 0. The third-order valence-electron chi connectivity index (χ3n) is 3.95. The molecule has 1 aliphatic heterocycles. The Labute approximate surface area is 127 Å². The van der Waals surface area contributed by atoms with Crippen LogP contribution >= 0.6 is 0 Å². The number of piperidine rings is 1. The zero-order chi connectivity index (χ0) is 15.2. The van der Waals surface area contributed by atoms with Crippen LogP contribution in [0.4, 0.5) is 11.6 Å². The van der Waals surface area contributed by atoms with Crippen molar-refractivity contribution in [3.63, 3.8) is 0 Å². The number of aryl methyl sites for hydroxylation is 1.